The minimum atomic E-state index is -0.512. The van der Waals surface area contributed by atoms with E-state index < -0.39 is 5.25 Å². The fourth-order valence-electron chi connectivity index (χ4n) is 4.27. The van der Waals surface area contributed by atoms with Gasteiger partial charge in [-0.25, -0.2) is 0 Å². The smallest absolute Gasteiger partial charge is 0.243 e. The van der Waals surface area contributed by atoms with Crippen LogP contribution >= 0.6 is 23.1 Å². The average molecular weight is 504 g/mol. The highest BCUT2D eigenvalue weighted by atomic mass is 32.2. The number of nitrogens with one attached hydrogen (secondary N) is 2. The number of nitriles is 1. The molecule has 1 aromatic heterocycles. The molecule has 1 aliphatic rings. The molecule has 0 fully saturated rings. The highest BCUT2D eigenvalue weighted by Gasteiger charge is 2.28. The lowest BCUT2D eigenvalue weighted by molar-refractivity contribution is -0.116. The van der Waals surface area contributed by atoms with Crippen LogP contribution in [0.3, 0.4) is 0 Å². The van der Waals surface area contributed by atoms with Crippen LogP contribution in [0.15, 0.2) is 59.5 Å². The molecule has 0 saturated heterocycles. The molecule has 2 atom stereocenters. The molecule has 2 aromatic carbocycles. The summed E-state index contributed by atoms with van der Waals surface area (Å²) in [6.45, 7) is 4.20. The van der Waals surface area contributed by atoms with Crippen LogP contribution in [0.2, 0.25) is 0 Å². The molecule has 1 heterocycles. The average Bonchev–Trinajstić information content (AvgIpc) is 3.19. The van der Waals surface area contributed by atoms with E-state index in [-0.39, 0.29) is 11.8 Å². The number of hydrogen-bond acceptors (Lipinski definition) is 5. The fraction of sp³-hybridized carbons (Fsp3) is 0.321. The highest BCUT2D eigenvalue weighted by Crippen LogP contribution is 2.41. The lowest BCUT2D eigenvalue weighted by atomic mass is 9.88. The van der Waals surface area contributed by atoms with Crippen LogP contribution in [-0.2, 0) is 22.4 Å². The molecule has 0 aliphatic heterocycles. The van der Waals surface area contributed by atoms with Crippen molar-refractivity contribution in [2.24, 2.45) is 5.92 Å². The number of carbonyl (C=O) groups is 2. The summed E-state index contributed by atoms with van der Waals surface area (Å²) >= 11 is 2.97. The lowest BCUT2D eigenvalue weighted by Crippen LogP contribution is -2.19. The van der Waals surface area contributed by atoms with Gasteiger partial charge in [-0.15, -0.1) is 23.1 Å². The number of rotatable bonds is 8. The van der Waals surface area contributed by atoms with Crippen LogP contribution in [0.4, 0.5) is 10.7 Å². The molecule has 0 saturated carbocycles. The summed E-state index contributed by atoms with van der Waals surface area (Å²) in [5.41, 5.74) is 3.31. The van der Waals surface area contributed by atoms with Crippen LogP contribution in [0, 0.1) is 17.2 Å². The first kappa shape index (κ1) is 25.0. The number of amides is 2. The summed E-state index contributed by atoms with van der Waals surface area (Å²) in [6.07, 6.45) is 4.17. The Morgan fingerprint density at radius 1 is 1.17 bits per heavy atom. The molecule has 35 heavy (non-hydrogen) atoms. The topological polar surface area (TPSA) is 82.0 Å². The first-order valence-corrected chi connectivity index (χ1v) is 13.6. The van der Waals surface area contributed by atoms with Crippen molar-refractivity contribution in [3.05, 3.63) is 76.2 Å². The number of nitrogens with zero attached hydrogens (tertiary/aromatic N) is 1. The molecule has 2 amide bonds. The molecule has 0 bridgehead atoms. The molecule has 180 valence electrons. The predicted octanol–water partition coefficient (Wildman–Crippen LogP) is 6.96. The maximum absolute atomic E-state index is 13.6. The van der Waals surface area contributed by atoms with E-state index in [4.69, 9.17) is 0 Å². The molecule has 5 nitrogen and oxygen atoms in total. The first-order valence-electron chi connectivity index (χ1n) is 12.0. The third-order valence-corrected chi connectivity index (χ3v) is 8.47. The second-order valence-corrected chi connectivity index (χ2v) is 11.2. The van der Waals surface area contributed by atoms with Gasteiger partial charge >= 0.3 is 0 Å². The Kier molecular flexibility index (Phi) is 8.27. The Balaban J connectivity index is 1.59. The zero-order chi connectivity index (χ0) is 24.8. The Morgan fingerprint density at radius 2 is 1.97 bits per heavy atom. The maximum Gasteiger partial charge on any atom is 0.243 e. The second kappa shape index (κ2) is 11.6. The van der Waals surface area contributed by atoms with Gasteiger partial charge in [0.05, 0.1) is 5.56 Å². The third kappa shape index (κ3) is 6.14. The summed E-state index contributed by atoms with van der Waals surface area (Å²) in [5, 5.41) is 16.0. The molecule has 0 radical (unpaired) electrons. The number of thioether (sulfide) groups is 1. The van der Waals surface area contributed by atoms with Crippen molar-refractivity contribution in [2.75, 3.05) is 10.6 Å². The molecule has 1 aliphatic carbocycles. The lowest BCUT2D eigenvalue weighted by Gasteiger charge is -2.17. The number of thiophene rings is 1. The van der Waals surface area contributed by atoms with Gasteiger partial charge in [0.2, 0.25) is 11.8 Å². The first-order chi connectivity index (χ1) is 17.0. The standard InChI is InChI=1S/C28H29N3O2S2/c1-3-8-25(32)30-20-11-7-12-21(16-20)34-26(19-9-5-4-6-10-19)27(33)31-28-23(17-29)22-14-13-18(2)15-24(22)35-28/h4-7,9-12,16,18,26H,3,8,13-15H2,1-2H3,(H,30,32)(H,31,33). The summed E-state index contributed by atoms with van der Waals surface area (Å²) in [7, 11) is 0. The van der Waals surface area contributed by atoms with Crippen molar-refractivity contribution < 1.29 is 9.59 Å². The summed E-state index contributed by atoms with van der Waals surface area (Å²) < 4.78 is 0. The van der Waals surface area contributed by atoms with Crippen molar-refractivity contribution in [3.8, 4) is 6.07 Å². The van der Waals surface area contributed by atoms with Crippen LogP contribution in [0.25, 0.3) is 0 Å². The zero-order valence-corrected chi connectivity index (χ0v) is 21.6. The molecule has 4 rings (SSSR count). The fourth-order valence-corrected chi connectivity index (χ4v) is 6.72. The minimum Gasteiger partial charge on any atom is -0.326 e. The van der Waals surface area contributed by atoms with Crippen LogP contribution in [0.1, 0.15) is 59.9 Å². The Bertz CT molecular complexity index is 1250. The van der Waals surface area contributed by atoms with Gasteiger partial charge in [-0.05, 0) is 60.9 Å². The Labute approximate surface area is 214 Å². The summed E-state index contributed by atoms with van der Waals surface area (Å²) in [6, 6.07) is 19.6. The van der Waals surface area contributed by atoms with E-state index in [0.29, 0.717) is 28.6 Å². The third-order valence-electron chi connectivity index (χ3n) is 6.05. The van der Waals surface area contributed by atoms with E-state index in [1.54, 1.807) is 11.3 Å². The molecule has 7 heteroatoms. The summed E-state index contributed by atoms with van der Waals surface area (Å²) in [4.78, 5) is 27.7. The zero-order valence-electron chi connectivity index (χ0n) is 20.0. The largest absolute Gasteiger partial charge is 0.326 e. The van der Waals surface area contributed by atoms with Crippen molar-refractivity contribution in [3.63, 3.8) is 0 Å². The number of anilines is 2. The van der Waals surface area contributed by atoms with Crippen molar-refractivity contribution >= 4 is 45.6 Å². The normalized spacial score (nSPS) is 15.5. The van der Waals surface area contributed by atoms with Crippen molar-refractivity contribution in [1.82, 2.24) is 0 Å². The maximum atomic E-state index is 13.6. The number of carbonyl (C=O) groups excluding carboxylic acids is 2. The Morgan fingerprint density at radius 3 is 2.71 bits per heavy atom. The van der Waals surface area contributed by atoms with Gasteiger partial charge in [0.1, 0.15) is 16.3 Å². The number of hydrogen-bond donors (Lipinski definition) is 2. The molecule has 0 spiro atoms. The Hall–Kier alpha value is -3.08. The monoisotopic (exact) mass is 503 g/mol. The molecular weight excluding hydrogens is 474 g/mol. The van der Waals surface area contributed by atoms with E-state index >= 15 is 0 Å². The number of fused-ring (bicyclic) bond motifs is 1. The highest BCUT2D eigenvalue weighted by molar-refractivity contribution is 8.00. The van der Waals surface area contributed by atoms with Gasteiger partial charge in [0, 0.05) is 21.9 Å². The molecule has 3 aromatic rings. The SMILES string of the molecule is CCCC(=O)Nc1cccc(SC(C(=O)Nc2sc3c(c2C#N)CCC(C)C3)c2ccccc2)c1. The van der Waals surface area contributed by atoms with E-state index in [9.17, 15) is 14.9 Å². The molecule has 2 N–H and O–H groups in total. The van der Waals surface area contributed by atoms with Crippen molar-refractivity contribution in [1.29, 1.82) is 5.26 Å². The molecule has 2 unspecified atom stereocenters. The van der Waals surface area contributed by atoms with Crippen LogP contribution in [0.5, 0.6) is 0 Å². The second-order valence-electron chi connectivity index (χ2n) is 8.89. The van der Waals surface area contributed by atoms with E-state index in [0.717, 1.165) is 41.7 Å². The van der Waals surface area contributed by atoms with E-state index in [2.05, 4.69) is 23.6 Å². The predicted molar refractivity (Wildman–Crippen MR) is 144 cm³/mol. The van der Waals surface area contributed by atoms with Crippen LogP contribution < -0.4 is 10.6 Å². The summed E-state index contributed by atoms with van der Waals surface area (Å²) in [5.74, 6) is 0.408. The minimum absolute atomic E-state index is 0.0213. The number of benzene rings is 2. The van der Waals surface area contributed by atoms with E-state index in [1.165, 1.54) is 16.6 Å². The molecular formula is C28H29N3O2S2. The van der Waals surface area contributed by atoms with Gasteiger partial charge in [0.25, 0.3) is 0 Å². The van der Waals surface area contributed by atoms with Gasteiger partial charge < -0.3 is 10.6 Å². The van der Waals surface area contributed by atoms with Gasteiger partial charge in [-0.3, -0.25) is 9.59 Å². The quantitative estimate of drug-likeness (QED) is 0.326. The van der Waals surface area contributed by atoms with Gasteiger partial charge in [-0.2, -0.15) is 5.26 Å². The van der Waals surface area contributed by atoms with Gasteiger partial charge in [0.15, 0.2) is 0 Å². The van der Waals surface area contributed by atoms with Crippen LogP contribution in [-0.4, -0.2) is 11.8 Å². The van der Waals surface area contributed by atoms with E-state index in [1.807, 2.05) is 61.5 Å². The van der Waals surface area contributed by atoms with Crippen molar-refractivity contribution in [2.45, 2.75) is 56.1 Å². The van der Waals surface area contributed by atoms with Gasteiger partial charge in [-0.1, -0.05) is 50.2 Å².